The number of ether oxygens (including phenoxy) is 3. The van der Waals surface area contributed by atoms with Crippen LogP contribution in [0.2, 0.25) is 0 Å². The zero-order chi connectivity index (χ0) is 32.4. The first kappa shape index (κ1) is 30.5. The first-order chi connectivity index (χ1) is 22.3. The predicted octanol–water partition coefficient (Wildman–Crippen LogP) is 5.45. The van der Waals surface area contributed by atoms with E-state index in [4.69, 9.17) is 14.2 Å². The van der Waals surface area contributed by atoms with Gasteiger partial charge < -0.3 is 14.2 Å². The average Bonchev–Trinajstić information content (AvgIpc) is 3.37. The van der Waals surface area contributed by atoms with Crippen molar-refractivity contribution in [2.45, 2.75) is 26.5 Å². The van der Waals surface area contributed by atoms with Crippen LogP contribution in [-0.4, -0.2) is 29.2 Å². The van der Waals surface area contributed by atoms with Crippen molar-refractivity contribution < 1.29 is 23.9 Å². The molecule has 0 radical (unpaired) electrons. The summed E-state index contributed by atoms with van der Waals surface area (Å²) < 4.78 is 19.1. The van der Waals surface area contributed by atoms with Crippen molar-refractivity contribution in [1.29, 1.82) is 0 Å². The van der Waals surface area contributed by atoms with Gasteiger partial charge in [-0.15, -0.1) is 0 Å². The highest BCUT2D eigenvalue weighted by Crippen LogP contribution is 2.40. The van der Waals surface area contributed by atoms with Gasteiger partial charge in [0.1, 0.15) is 24.1 Å². The number of nitrogens with zero attached hydrogens (tertiary/aromatic N) is 3. The number of hydrogen-bond donors (Lipinski definition) is 0. The van der Waals surface area contributed by atoms with Gasteiger partial charge in [0, 0.05) is 17.7 Å². The van der Waals surface area contributed by atoms with E-state index in [1.165, 1.54) is 23.5 Å². The lowest BCUT2D eigenvalue weighted by Crippen LogP contribution is -2.40. The molecule has 0 amide bonds. The topological polar surface area (TPSA) is 122 Å². The minimum atomic E-state index is -0.825. The molecule has 10 nitrogen and oxygen atoms in total. The van der Waals surface area contributed by atoms with E-state index >= 15 is 0 Å². The summed E-state index contributed by atoms with van der Waals surface area (Å²) in [5.41, 5.74) is 2.73. The third kappa shape index (κ3) is 5.80. The Morgan fingerprint density at radius 1 is 1.04 bits per heavy atom. The molecule has 0 aliphatic carbocycles. The summed E-state index contributed by atoms with van der Waals surface area (Å²) >= 11 is 1.24. The molecule has 5 aromatic rings. The summed E-state index contributed by atoms with van der Waals surface area (Å²) in [6.45, 7) is 3.91. The minimum Gasteiger partial charge on any atom is -0.496 e. The number of esters is 1. The second-order valence-corrected chi connectivity index (χ2v) is 11.5. The van der Waals surface area contributed by atoms with E-state index < -0.39 is 16.9 Å². The maximum atomic E-state index is 14.2. The molecule has 0 N–H and O–H groups in total. The number of carbonyl (C=O) groups is 1. The van der Waals surface area contributed by atoms with Crippen molar-refractivity contribution in [2.75, 3.05) is 13.7 Å². The largest absolute Gasteiger partial charge is 0.496 e. The summed E-state index contributed by atoms with van der Waals surface area (Å²) in [6, 6.07) is 24.2. The van der Waals surface area contributed by atoms with Gasteiger partial charge in [-0.1, -0.05) is 53.8 Å². The lowest BCUT2D eigenvalue weighted by molar-refractivity contribution is -0.384. The number of benzene rings is 4. The summed E-state index contributed by atoms with van der Waals surface area (Å²) in [6.07, 6.45) is 1.78. The van der Waals surface area contributed by atoms with Gasteiger partial charge >= 0.3 is 5.97 Å². The van der Waals surface area contributed by atoms with Crippen molar-refractivity contribution in [2.24, 2.45) is 4.99 Å². The molecule has 232 valence electrons. The molecule has 4 aromatic carbocycles. The van der Waals surface area contributed by atoms with E-state index in [0.717, 1.165) is 21.9 Å². The third-order valence-corrected chi connectivity index (χ3v) is 8.65. The molecule has 6 rings (SSSR count). The lowest BCUT2D eigenvalue weighted by atomic mass is 9.90. The molecule has 46 heavy (non-hydrogen) atoms. The molecular weight excluding hydrogens is 606 g/mol. The van der Waals surface area contributed by atoms with Crippen LogP contribution >= 0.6 is 11.3 Å². The van der Waals surface area contributed by atoms with E-state index in [1.807, 2.05) is 48.5 Å². The van der Waals surface area contributed by atoms with Crippen LogP contribution in [-0.2, 0) is 16.1 Å². The van der Waals surface area contributed by atoms with Crippen molar-refractivity contribution in [1.82, 2.24) is 4.57 Å². The molecule has 1 unspecified atom stereocenters. The van der Waals surface area contributed by atoms with Gasteiger partial charge in [0.2, 0.25) is 0 Å². The van der Waals surface area contributed by atoms with Crippen molar-refractivity contribution in [3.05, 3.63) is 143 Å². The van der Waals surface area contributed by atoms with Gasteiger partial charge in [0.25, 0.3) is 11.2 Å². The third-order valence-electron chi connectivity index (χ3n) is 7.67. The summed E-state index contributed by atoms with van der Waals surface area (Å²) in [7, 11) is 1.57. The van der Waals surface area contributed by atoms with Crippen LogP contribution in [0.15, 0.2) is 106 Å². The number of carbonyl (C=O) groups excluding carboxylic acids is 1. The molecule has 1 aliphatic rings. The van der Waals surface area contributed by atoms with Gasteiger partial charge in [-0.2, -0.15) is 0 Å². The highest BCUT2D eigenvalue weighted by Gasteiger charge is 2.36. The normalized spacial score (nSPS) is 14.5. The van der Waals surface area contributed by atoms with E-state index in [-0.39, 0.29) is 30.0 Å². The smallest absolute Gasteiger partial charge is 0.338 e. The van der Waals surface area contributed by atoms with Gasteiger partial charge in [0.15, 0.2) is 4.80 Å². The molecule has 11 heteroatoms. The second kappa shape index (κ2) is 12.8. The van der Waals surface area contributed by atoms with Gasteiger partial charge in [-0.05, 0) is 72.2 Å². The average molecular weight is 636 g/mol. The molecule has 0 spiro atoms. The molecule has 0 fully saturated rings. The van der Waals surface area contributed by atoms with Crippen LogP contribution in [0.25, 0.3) is 16.8 Å². The Kier molecular flexibility index (Phi) is 8.49. The Hall–Kier alpha value is -5.55. The number of nitro benzene ring substituents is 1. The van der Waals surface area contributed by atoms with Crippen LogP contribution in [0.1, 0.15) is 36.6 Å². The molecule has 1 atom stereocenters. The predicted molar refractivity (Wildman–Crippen MR) is 175 cm³/mol. The van der Waals surface area contributed by atoms with Crippen LogP contribution in [0.3, 0.4) is 0 Å². The fraction of sp³-hybridized carbons (Fsp3) is 0.171. The quantitative estimate of drug-likeness (QED) is 0.120. The van der Waals surface area contributed by atoms with Crippen molar-refractivity contribution in [3.8, 4) is 11.5 Å². The van der Waals surface area contributed by atoms with Crippen LogP contribution in [0, 0.1) is 10.1 Å². The Morgan fingerprint density at radius 2 is 1.78 bits per heavy atom. The minimum absolute atomic E-state index is 0.0215. The van der Waals surface area contributed by atoms with Crippen LogP contribution in [0.5, 0.6) is 11.5 Å². The SMILES string of the molecule is CCOC(=O)C1=C(C)N=c2s/c(=C\c3ccc(OCc4ccc([N+](=O)[O-])cc4)cc3)c(=O)n2C1c1c(OC)ccc2ccccc12. The van der Waals surface area contributed by atoms with E-state index in [0.29, 0.717) is 32.1 Å². The van der Waals surface area contributed by atoms with Crippen LogP contribution in [0.4, 0.5) is 5.69 Å². The van der Waals surface area contributed by atoms with Crippen molar-refractivity contribution in [3.63, 3.8) is 0 Å². The van der Waals surface area contributed by atoms with Crippen molar-refractivity contribution >= 4 is 39.8 Å². The number of nitro groups is 1. The summed E-state index contributed by atoms with van der Waals surface area (Å²) in [5.74, 6) is 0.608. The standard InChI is InChI=1S/C35H29N3O7S/c1-4-44-34(40)30-21(2)36-35-37(32(30)31-27-8-6-5-7-24(27)13-18-28(31)43-3)33(39)29(46-35)19-22-11-16-26(17-12-22)45-20-23-9-14-25(15-10-23)38(41)42/h5-19,32H,4,20H2,1-3H3/b29-19-. The number of aromatic nitrogens is 1. The molecule has 1 aromatic heterocycles. The Morgan fingerprint density at radius 3 is 2.48 bits per heavy atom. The first-order valence-electron chi connectivity index (χ1n) is 14.5. The number of rotatable bonds is 9. The zero-order valence-electron chi connectivity index (χ0n) is 25.3. The fourth-order valence-corrected chi connectivity index (χ4v) is 6.54. The number of thiazole rings is 1. The highest BCUT2D eigenvalue weighted by atomic mass is 32.1. The maximum absolute atomic E-state index is 14.2. The number of methoxy groups -OCH3 is 1. The summed E-state index contributed by atoms with van der Waals surface area (Å²) in [5, 5.41) is 12.7. The fourth-order valence-electron chi connectivity index (χ4n) is 5.49. The number of allylic oxidation sites excluding steroid dienone is 1. The first-order valence-corrected chi connectivity index (χ1v) is 15.3. The molecule has 0 saturated carbocycles. The maximum Gasteiger partial charge on any atom is 0.338 e. The van der Waals surface area contributed by atoms with Gasteiger partial charge in [-0.25, -0.2) is 9.79 Å². The number of fused-ring (bicyclic) bond motifs is 2. The highest BCUT2D eigenvalue weighted by molar-refractivity contribution is 7.07. The molecule has 1 aliphatic heterocycles. The summed E-state index contributed by atoms with van der Waals surface area (Å²) in [4.78, 5) is 43.2. The van der Waals surface area contributed by atoms with Crippen LogP contribution < -0.4 is 24.4 Å². The van der Waals surface area contributed by atoms with E-state index in [2.05, 4.69) is 4.99 Å². The zero-order valence-corrected chi connectivity index (χ0v) is 26.1. The Balaban J connectivity index is 1.39. The van der Waals surface area contributed by atoms with E-state index in [1.54, 1.807) is 55.9 Å². The number of non-ortho nitro benzene ring substituents is 1. The molecule has 2 heterocycles. The Bertz CT molecular complexity index is 2180. The number of hydrogen-bond acceptors (Lipinski definition) is 9. The van der Waals surface area contributed by atoms with Gasteiger partial charge in [-0.3, -0.25) is 19.5 Å². The van der Waals surface area contributed by atoms with Gasteiger partial charge in [0.05, 0.1) is 34.4 Å². The van der Waals surface area contributed by atoms with E-state index in [9.17, 15) is 19.7 Å². The lowest BCUT2D eigenvalue weighted by Gasteiger charge is -2.27. The molecule has 0 bridgehead atoms. The Labute approximate surface area is 267 Å². The molecule has 0 saturated heterocycles. The monoisotopic (exact) mass is 635 g/mol. The second-order valence-electron chi connectivity index (χ2n) is 10.5. The molecular formula is C35H29N3O7S.